The van der Waals surface area contributed by atoms with Gasteiger partial charge in [-0.15, -0.1) is 11.3 Å². The number of amides is 2. The van der Waals surface area contributed by atoms with Gasteiger partial charge in [-0.05, 0) is 43.2 Å². The highest BCUT2D eigenvalue weighted by Crippen LogP contribution is 2.24. The molecule has 172 valence electrons. The Kier molecular flexibility index (Phi) is 7.85. The monoisotopic (exact) mass is 503 g/mol. The van der Waals surface area contributed by atoms with Crippen LogP contribution in [0.1, 0.15) is 51.5 Å². The number of para-hydroxylation sites is 1. The summed E-state index contributed by atoms with van der Waals surface area (Å²) in [5.74, 6) is 0.257. The van der Waals surface area contributed by atoms with E-state index in [-0.39, 0.29) is 23.9 Å². The van der Waals surface area contributed by atoms with Gasteiger partial charge >= 0.3 is 0 Å². The van der Waals surface area contributed by atoms with Crippen molar-refractivity contribution in [1.29, 1.82) is 0 Å². The van der Waals surface area contributed by atoms with Crippen LogP contribution in [0, 0.1) is 0 Å². The number of carbonyl (C=O) groups excluding carboxylic acids is 2. The quantitative estimate of drug-likeness (QED) is 0.445. The van der Waals surface area contributed by atoms with Gasteiger partial charge in [-0.1, -0.05) is 54.2 Å². The summed E-state index contributed by atoms with van der Waals surface area (Å²) in [6, 6.07) is 13.9. The maximum atomic E-state index is 12.8. The molecule has 0 spiro atoms. The molecule has 2 amide bonds. The van der Waals surface area contributed by atoms with Crippen molar-refractivity contribution in [3.8, 4) is 5.75 Å². The summed E-state index contributed by atoms with van der Waals surface area (Å²) in [4.78, 5) is 30.0. The number of nitrogens with zero attached hydrogens (tertiary/aromatic N) is 1. The van der Waals surface area contributed by atoms with Gasteiger partial charge in [-0.25, -0.2) is 4.98 Å². The standard InChI is InChI=1S/C24H23Cl2N3O3S/c25-17-11-10-15(12-18(17)26)23(30)28-19-8-4-5-9-20(19)29-24(31)21-14-33-22(27-21)13-32-16-6-2-1-3-7-16/h1-3,6-7,10-12,14,19-20H,4-5,8-9,13H2,(H,28,30)(H,29,31)/t19-,20-/m0/s1. The number of aromatic nitrogens is 1. The molecule has 0 bridgehead atoms. The first kappa shape index (κ1) is 23.5. The Morgan fingerprint density at radius 2 is 1.67 bits per heavy atom. The second-order valence-electron chi connectivity index (χ2n) is 7.80. The Balaban J connectivity index is 1.35. The average Bonchev–Trinajstić information content (AvgIpc) is 3.31. The number of ether oxygens (including phenoxy) is 1. The summed E-state index contributed by atoms with van der Waals surface area (Å²) in [6.07, 6.45) is 3.53. The number of hydrogen-bond acceptors (Lipinski definition) is 5. The van der Waals surface area contributed by atoms with E-state index >= 15 is 0 Å². The molecule has 0 saturated heterocycles. The maximum Gasteiger partial charge on any atom is 0.271 e. The van der Waals surface area contributed by atoms with Gasteiger partial charge in [0.2, 0.25) is 0 Å². The van der Waals surface area contributed by atoms with Crippen LogP contribution in [0.4, 0.5) is 0 Å². The third-order valence-corrected chi connectivity index (χ3v) is 7.03. The lowest BCUT2D eigenvalue weighted by Gasteiger charge is -2.32. The molecule has 9 heteroatoms. The van der Waals surface area contributed by atoms with E-state index < -0.39 is 0 Å². The summed E-state index contributed by atoms with van der Waals surface area (Å²) >= 11 is 13.4. The molecule has 2 N–H and O–H groups in total. The Hall–Kier alpha value is -2.61. The van der Waals surface area contributed by atoms with Crippen LogP contribution in [-0.4, -0.2) is 28.9 Å². The Morgan fingerprint density at radius 1 is 0.970 bits per heavy atom. The fraction of sp³-hybridized carbons (Fsp3) is 0.292. The molecule has 1 saturated carbocycles. The van der Waals surface area contributed by atoms with Gasteiger partial charge < -0.3 is 15.4 Å². The molecule has 0 unspecified atom stereocenters. The van der Waals surface area contributed by atoms with Crippen LogP contribution < -0.4 is 15.4 Å². The Morgan fingerprint density at radius 3 is 2.36 bits per heavy atom. The van der Waals surface area contributed by atoms with Crippen molar-refractivity contribution in [2.24, 2.45) is 0 Å². The van der Waals surface area contributed by atoms with Crippen molar-refractivity contribution >= 4 is 46.4 Å². The summed E-state index contributed by atoms with van der Waals surface area (Å²) in [5.41, 5.74) is 0.786. The number of halogens is 2. The van der Waals surface area contributed by atoms with Crippen LogP contribution in [0.5, 0.6) is 5.75 Å². The van der Waals surface area contributed by atoms with Gasteiger partial charge in [0.1, 0.15) is 23.1 Å². The van der Waals surface area contributed by atoms with E-state index in [4.69, 9.17) is 27.9 Å². The molecule has 0 radical (unpaired) electrons. The minimum Gasteiger partial charge on any atom is -0.486 e. The van der Waals surface area contributed by atoms with Gasteiger partial charge in [-0.2, -0.15) is 0 Å². The zero-order valence-electron chi connectivity index (χ0n) is 17.7. The number of benzene rings is 2. The van der Waals surface area contributed by atoms with Crippen LogP contribution >= 0.6 is 34.5 Å². The first-order valence-corrected chi connectivity index (χ1v) is 12.3. The zero-order valence-corrected chi connectivity index (χ0v) is 20.1. The Labute approximate surface area is 206 Å². The number of nitrogens with one attached hydrogen (secondary N) is 2. The Bertz CT molecular complexity index is 1120. The number of hydrogen-bond donors (Lipinski definition) is 2. The second kappa shape index (κ2) is 11.0. The highest BCUT2D eigenvalue weighted by molar-refractivity contribution is 7.09. The highest BCUT2D eigenvalue weighted by atomic mass is 35.5. The van der Waals surface area contributed by atoms with Crippen molar-refractivity contribution in [3.63, 3.8) is 0 Å². The fourth-order valence-electron chi connectivity index (χ4n) is 3.75. The molecular formula is C24H23Cl2N3O3S. The van der Waals surface area contributed by atoms with Crippen molar-refractivity contribution in [2.75, 3.05) is 0 Å². The van der Waals surface area contributed by atoms with E-state index in [0.29, 0.717) is 27.9 Å². The van der Waals surface area contributed by atoms with Crippen LogP contribution in [0.3, 0.4) is 0 Å². The van der Waals surface area contributed by atoms with E-state index in [2.05, 4.69) is 15.6 Å². The third kappa shape index (κ3) is 6.25. The number of thiazole rings is 1. The van der Waals surface area contributed by atoms with Gasteiger partial charge in [0.15, 0.2) is 0 Å². The first-order chi connectivity index (χ1) is 16.0. The summed E-state index contributed by atoms with van der Waals surface area (Å²) in [6.45, 7) is 0.299. The SMILES string of the molecule is O=C(N[C@H]1CCCC[C@@H]1NC(=O)c1csc(COc2ccccc2)n1)c1ccc(Cl)c(Cl)c1. The fourth-order valence-corrected chi connectivity index (χ4v) is 4.73. The largest absolute Gasteiger partial charge is 0.486 e. The molecular weight excluding hydrogens is 481 g/mol. The van der Waals surface area contributed by atoms with E-state index in [1.54, 1.807) is 23.6 Å². The maximum absolute atomic E-state index is 12.8. The molecule has 4 rings (SSSR count). The molecule has 2 aromatic carbocycles. The molecule has 1 fully saturated rings. The predicted octanol–water partition coefficient (Wildman–Crippen LogP) is 5.50. The summed E-state index contributed by atoms with van der Waals surface area (Å²) < 4.78 is 5.70. The van der Waals surface area contributed by atoms with Crippen LogP contribution in [0.2, 0.25) is 10.0 Å². The van der Waals surface area contributed by atoms with Crippen molar-refractivity contribution < 1.29 is 14.3 Å². The molecule has 2 atom stereocenters. The molecule has 6 nitrogen and oxygen atoms in total. The van der Waals surface area contributed by atoms with Gasteiger partial charge in [-0.3, -0.25) is 9.59 Å². The van der Waals surface area contributed by atoms with Crippen molar-refractivity contribution in [1.82, 2.24) is 15.6 Å². The molecule has 3 aromatic rings. The lowest BCUT2D eigenvalue weighted by Crippen LogP contribution is -2.53. The molecule has 1 aromatic heterocycles. The van der Waals surface area contributed by atoms with Gasteiger partial charge in [0.25, 0.3) is 11.8 Å². The van der Waals surface area contributed by atoms with E-state index in [0.717, 1.165) is 36.4 Å². The molecule has 0 aliphatic heterocycles. The topological polar surface area (TPSA) is 80.3 Å². The molecule has 33 heavy (non-hydrogen) atoms. The number of carbonyl (C=O) groups is 2. The summed E-state index contributed by atoms with van der Waals surface area (Å²) in [5, 5.41) is 9.26. The minimum absolute atomic E-state index is 0.177. The van der Waals surface area contributed by atoms with E-state index in [1.165, 1.54) is 11.3 Å². The second-order valence-corrected chi connectivity index (χ2v) is 9.56. The third-order valence-electron chi connectivity index (χ3n) is 5.47. The summed E-state index contributed by atoms with van der Waals surface area (Å²) in [7, 11) is 0. The molecule has 1 aliphatic rings. The first-order valence-electron chi connectivity index (χ1n) is 10.7. The average molecular weight is 504 g/mol. The predicted molar refractivity (Wildman–Crippen MR) is 130 cm³/mol. The number of rotatable bonds is 7. The van der Waals surface area contributed by atoms with Crippen LogP contribution in [0.15, 0.2) is 53.9 Å². The van der Waals surface area contributed by atoms with E-state index in [9.17, 15) is 9.59 Å². The minimum atomic E-state index is -0.252. The highest BCUT2D eigenvalue weighted by Gasteiger charge is 2.29. The van der Waals surface area contributed by atoms with Crippen molar-refractivity contribution in [3.05, 3.63) is 80.2 Å². The normalized spacial score (nSPS) is 17.9. The molecule has 1 heterocycles. The van der Waals surface area contributed by atoms with Gasteiger partial charge in [0.05, 0.1) is 10.0 Å². The lowest BCUT2D eigenvalue weighted by atomic mass is 9.90. The van der Waals surface area contributed by atoms with Gasteiger partial charge in [0, 0.05) is 23.0 Å². The van der Waals surface area contributed by atoms with Crippen LogP contribution in [0.25, 0.3) is 0 Å². The zero-order chi connectivity index (χ0) is 23.2. The van der Waals surface area contributed by atoms with Crippen molar-refractivity contribution in [2.45, 2.75) is 44.4 Å². The lowest BCUT2D eigenvalue weighted by molar-refractivity contribution is 0.0860. The van der Waals surface area contributed by atoms with Crippen LogP contribution in [-0.2, 0) is 6.61 Å². The van der Waals surface area contributed by atoms with E-state index in [1.807, 2.05) is 30.3 Å². The molecule has 1 aliphatic carbocycles. The smallest absolute Gasteiger partial charge is 0.271 e.